The van der Waals surface area contributed by atoms with E-state index in [0.29, 0.717) is 19.0 Å². The van der Waals surface area contributed by atoms with Crippen molar-refractivity contribution in [3.05, 3.63) is 66.0 Å². The van der Waals surface area contributed by atoms with E-state index < -0.39 is 0 Å². The first-order chi connectivity index (χ1) is 10.3. The molecule has 4 heteroatoms. The summed E-state index contributed by atoms with van der Waals surface area (Å²) in [6.07, 6.45) is 0. The summed E-state index contributed by atoms with van der Waals surface area (Å²) in [5, 5.41) is 3.19. The summed E-state index contributed by atoms with van der Waals surface area (Å²) in [5.74, 6) is 2.14. The van der Waals surface area contributed by atoms with E-state index in [1.165, 1.54) is 0 Å². The van der Waals surface area contributed by atoms with E-state index in [4.69, 9.17) is 9.47 Å². The highest BCUT2D eigenvalue weighted by molar-refractivity contribution is 6.18. The van der Waals surface area contributed by atoms with E-state index in [0.717, 1.165) is 34.0 Å². The Morgan fingerprint density at radius 2 is 1.71 bits per heavy atom. The van der Waals surface area contributed by atoms with Crippen molar-refractivity contribution in [2.75, 3.05) is 18.5 Å². The van der Waals surface area contributed by atoms with Crippen LogP contribution in [0, 0.1) is 0 Å². The van der Waals surface area contributed by atoms with E-state index >= 15 is 0 Å². The molecule has 104 valence electrons. The second-order valence-corrected chi connectivity index (χ2v) is 4.94. The van der Waals surface area contributed by atoms with Crippen LogP contribution in [-0.2, 0) is 0 Å². The molecule has 1 N–H and O–H groups in total. The van der Waals surface area contributed by atoms with Gasteiger partial charge in [-0.1, -0.05) is 36.9 Å². The summed E-state index contributed by atoms with van der Waals surface area (Å²) < 4.78 is 11.3. The molecule has 0 aliphatic carbocycles. The van der Waals surface area contributed by atoms with Crippen molar-refractivity contribution in [2.45, 2.75) is 0 Å². The number of anilines is 1. The third-order valence-corrected chi connectivity index (χ3v) is 3.51. The fraction of sp³-hybridized carbons (Fsp3) is 0.118. The van der Waals surface area contributed by atoms with Crippen LogP contribution in [0.5, 0.6) is 11.5 Å². The molecule has 0 radical (unpaired) electrons. The Hall–Kier alpha value is -2.75. The second-order valence-electron chi connectivity index (χ2n) is 4.94. The number of hydrogen-bond donors (Lipinski definition) is 1. The maximum Gasteiger partial charge on any atom is 0.163 e. The maximum atomic E-state index is 5.67. The minimum Gasteiger partial charge on any atom is -0.486 e. The van der Waals surface area contributed by atoms with E-state index in [2.05, 4.69) is 16.9 Å². The number of ether oxygens (including phenoxy) is 2. The Bertz CT molecular complexity index is 751. The Kier molecular flexibility index (Phi) is 2.67. The van der Waals surface area contributed by atoms with Gasteiger partial charge in [0.2, 0.25) is 0 Å². The molecule has 2 aromatic rings. The smallest absolute Gasteiger partial charge is 0.163 e. The molecule has 0 unspecified atom stereocenters. The Morgan fingerprint density at radius 3 is 2.48 bits per heavy atom. The highest BCUT2D eigenvalue weighted by atomic mass is 16.6. The minimum atomic E-state index is 0.573. The molecule has 0 fully saturated rings. The summed E-state index contributed by atoms with van der Waals surface area (Å²) in [7, 11) is 0. The number of hydrogen-bond acceptors (Lipinski definition) is 4. The van der Waals surface area contributed by atoms with Gasteiger partial charge in [-0.15, -0.1) is 0 Å². The molecule has 4 nitrogen and oxygen atoms in total. The maximum absolute atomic E-state index is 5.67. The zero-order valence-corrected chi connectivity index (χ0v) is 11.4. The van der Waals surface area contributed by atoms with Crippen LogP contribution in [0.2, 0.25) is 0 Å². The van der Waals surface area contributed by atoms with Gasteiger partial charge in [0.25, 0.3) is 0 Å². The molecule has 4 rings (SSSR count). The number of aliphatic imine (C=N–C) groups is 1. The van der Waals surface area contributed by atoms with Gasteiger partial charge in [0.1, 0.15) is 19.0 Å². The molecule has 0 amide bonds. The van der Waals surface area contributed by atoms with Crippen molar-refractivity contribution in [3.63, 3.8) is 0 Å². The summed E-state index contributed by atoms with van der Waals surface area (Å²) in [5.41, 5.74) is 3.89. The lowest BCUT2D eigenvalue weighted by molar-refractivity contribution is 0.171. The number of fused-ring (bicyclic) bond motifs is 2. The third-order valence-electron chi connectivity index (χ3n) is 3.51. The number of nitrogens with one attached hydrogen (secondary N) is 1. The van der Waals surface area contributed by atoms with Crippen LogP contribution in [0.4, 0.5) is 5.69 Å². The van der Waals surface area contributed by atoms with E-state index in [1.807, 2.05) is 42.5 Å². The van der Waals surface area contributed by atoms with Gasteiger partial charge >= 0.3 is 0 Å². The number of nitrogens with zero attached hydrogens (tertiary/aromatic N) is 1. The lowest BCUT2D eigenvalue weighted by Gasteiger charge is -2.25. The molecule has 2 aromatic carbocycles. The average molecular weight is 278 g/mol. The van der Waals surface area contributed by atoms with E-state index in [-0.39, 0.29) is 0 Å². The van der Waals surface area contributed by atoms with Crippen LogP contribution in [0.15, 0.2) is 59.9 Å². The van der Waals surface area contributed by atoms with E-state index in [9.17, 15) is 0 Å². The van der Waals surface area contributed by atoms with Crippen LogP contribution in [-0.4, -0.2) is 18.9 Å². The van der Waals surface area contributed by atoms with Crippen LogP contribution in [0.1, 0.15) is 11.1 Å². The standard InChI is InChI=1S/C17H14N2O2/c1-11-18-14-10-16-15(20-7-8-21-16)9-13(14)17(19-11)12-5-3-2-4-6-12/h2-6,9-10,18H,1,7-8H2. The van der Waals surface area contributed by atoms with Gasteiger partial charge in [0.15, 0.2) is 11.5 Å². The van der Waals surface area contributed by atoms with Crippen molar-refractivity contribution in [1.82, 2.24) is 0 Å². The summed E-state index contributed by atoms with van der Waals surface area (Å²) >= 11 is 0. The summed E-state index contributed by atoms with van der Waals surface area (Å²) in [4.78, 5) is 4.56. The molecule has 0 atom stereocenters. The van der Waals surface area contributed by atoms with Gasteiger partial charge < -0.3 is 14.8 Å². The Labute approximate surface area is 122 Å². The van der Waals surface area contributed by atoms with Gasteiger partial charge in [-0.3, -0.25) is 0 Å². The largest absolute Gasteiger partial charge is 0.486 e. The van der Waals surface area contributed by atoms with Crippen LogP contribution >= 0.6 is 0 Å². The second kappa shape index (κ2) is 4.66. The lowest BCUT2D eigenvalue weighted by atomic mass is 9.98. The quantitative estimate of drug-likeness (QED) is 0.871. The summed E-state index contributed by atoms with van der Waals surface area (Å²) in [6, 6.07) is 14.0. The number of rotatable bonds is 1. The van der Waals surface area contributed by atoms with Gasteiger partial charge in [-0.05, 0) is 6.07 Å². The highest BCUT2D eigenvalue weighted by Gasteiger charge is 2.22. The zero-order chi connectivity index (χ0) is 14.2. The molecule has 2 aliphatic rings. The fourth-order valence-corrected chi connectivity index (χ4v) is 2.58. The molecule has 0 aromatic heterocycles. The van der Waals surface area contributed by atoms with Crippen molar-refractivity contribution in [3.8, 4) is 11.5 Å². The fourth-order valence-electron chi connectivity index (χ4n) is 2.58. The molecular formula is C17H14N2O2. The molecule has 2 aliphatic heterocycles. The lowest BCUT2D eigenvalue weighted by Crippen LogP contribution is -2.19. The monoisotopic (exact) mass is 278 g/mol. The molecular weight excluding hydrogens is 264 g/mol. The van der Waals surface area contributed by atoms with Gasteiger partial charge in [-0.25, -0.2) is 4.99 Å². The predicted molar refractivity (Wildman–Crippen MR) is 82.3 cm³/mol. The average Bonchev–Trinajstić information content (AvgIpc) is 2.53. The molecule has 0 saturated heterocycles. The van der Waals surface area contributed by atoms with Gasteiger partial charge in [0, 0.05) is 17.2 Å². The van der Waals surface area contributed by atoms with Crippen LogP contribution in [0.3, 0.4) is 0 Å². The zero-order valence-electron chi connectivity index (χ0n) is 11.4. The topological polar surface area (TPSA) is 42.9 Å². The Morgan fingerprint density at radius 1 is 1.00 bits per heavy atom. The molecule has 0 saturated carbocycles. The van der Waals surface area contributed by atoms with Crippen molar-refractivity contribution in [1.29, 1.82) is 0 Å². The predicted octanol–water partition coefficient (Wildman–Crippen LogP) is 3.19. The minimum absolute atomic E-state index is 0.573. The van der Waals surface area contributed by atoms with Gasteiger partial charge in [0.05, 0.1) is 11.4 Å². The highest BCUT2D eigenvalue weighted by Crippen LogP contribution is 2.38. The SMILES string of the molecule is C=C1N=C(c2ccccc2)c2cc3c(cc2N1)OCCO3. The third kappa shape index (κ3) is 2.05. The molecule has 0 spiro atoms. The van der Waals surface area contributed by atoms with Gasteiger partial charge in [-0.2, -0.15) is 0 Å². The van der Waals surface area contributed by atoms with Crippen molar-refractivity contribution in [2.24, 2.45) is 4.99 Å². The molecule has 0 bridgehead atoms. The van der Waals surface area contributed by atoms with Crippen LogP contribution < -0.4 is 14.8 Å². The summed E-state index contributed by atoms with van der Waals surface area (Å²) in [6.45, 7) is 5.08. The van der Waals surface area contributed by atoms with Crippen LogP contribution in [0.25, 0.3) is 0 Å². The first-order valence-electron chi connectivity index (χ1n) is 6.85. The first kappa shape index (κ1) is 12.0. The molecule has 2 heterocycles. The Balaban J connectivity index is 1.89. The number of benzene rings is 2. The first-order valence-corrected chi connectivity index (χ1v) is 6.85. The normalized spacial score (nSPS) is 15.8. The van der Waals surface area contributed by atoms with Crippen molar-refractivity contribution >= 4 is 11.4 Å². The van der Waals surface area contributed by atoms with E-state index in [1.54, 1.807) is 0 Å². The van der Waals surface area contributed by atoms with Crippen molar-refractivity contribution < 1.29 is 9.47 Å². The molecule has 21 heavy (non-hydrogen) atoms.